The van der Waals surface area contributed by atoms with Crippen LogP contribution >= 0.6 is 0 Å². The molecule has 1 atom stereocenters. The Morgan fingerprint density at radius 1 is 1.36 bits per heavy atom. The van der Waals surface area contributed by atoms with Crippen LogP contribution in [0.2, 0.25) is 0 Å². The zero-order valence-corrected chi connectivity index (χ0v) is 11.2. The molecule has 2 aromatic rings. The Bertz CT molecular complexity index is 670. The molecule has 1 aromatic carbocycles. The highest BCUT2D eigenvalue weighted by Gasteiger charge is 2.33. The average Bonchev–Trinajstić information content (AvgIpc) is 2.86. The maximum Gasteiger partial charge on any atom is 0.416 e. The second kappa shape index (κ2) is 6.14. The Hall–Kier alpha value is -2.42. The largest absolute Gasteiger partial charge is 0.416 e. The number of alkyl halides is 3. The van der Waals surface area contributed by atoms with Gasteiger partial charge < -0.3 is 5.11 Å². The molecule has 1 heterocycles. The molecule has 0 aliphatic heterocycles. The van der Waals surface area contributed by atoms with Crippen LogP contribution in [0.3, 0.4) is 0 Å². The molecule has 0 aliphatic carbocycles. The van der Waals surface area contributed by atoms with E-state index >= 15 is 0 Å². The molecule has 118 valence electrons. The second-order valence-corrected chi connectivity index (χ2v) is 4.69. The Morgan fingerprint density at radius 3 is 2.64 bits per heavy atom. The van der Waals surface area contributed by atoms with E-state index in [-0.39, 0.29) is 24.2 Å². The molecule has 0 saturated carbocycles. The first-order valence-corrected chi connectivity index (χ1v) is 6.27. The summed E-state index contributed by atoms with van der Waals surface area (Å²) < 4.78 is 39.7. The standard InChI is InChI=1S/C13H12F3N3O3/c14-13(15,16)12-4-2-1-3-9(12)5-11(20)8-18-7-10(6-17-18)19(21)22/h1-4,6-7,11,20H,5,8H2/t11-/m0/s1. The molecule has 0 spiro atoms. The van der Waals surface area contributed by atoms with Gasteiger partial charge in [-0.2, -0.15) is 18.3 Å². The highest BCUT2D eigenvalue weighted by atomic mass is 19.4. The lowest BCUT2D eigenvalue weighted by molar-refractivity contribution is -0.385. The lowest BCUT2D eigenvalue weighted by Gasteiger charge is -2.15. The summed E-state index contributed by atoms with van der Waals surface area (Å²) in [5, 5.41) is 24.1. The number of nitrogens with zero attached hydrogens (tertiary/aromatic N) is 3. The lowest BCUT2D eigenvalue weighted by Crippen LogP contribution is -2.21. The van der Waals surface area contributed by atoms with Crippen LogP contribution in [0.5, 0.6) is 0 Å². The molecule has 22 heavy (non-hydrogen) atoms. The first-order chi connectivity index (χ1) is 10.3. The SMILES string of the molecule is O=[N+]([O-])c1cnn(C[C@@H](O)Cc2ccccc2C(F)(F)F)c1. The van der Waals surface area contributed by atoms with Gasteiger partial charge in [-0.3, -0.25) is 14.8 Å². The van der Waals surface area contributed by atoms with Gasteiger partial charge in [0, 0.05) is 6.42 Å². The van der Waals surface area contributed by atoms with Crippen LogP contribution in [-0.2, 0) is 19.1 Å². The highest BCUT2D eigenvalue weighted by Crippen LogP contribution is 2.32. The van der Waals surface area contributed by atoms with E-state index < -0.39 is 22.8 Å². The predicted molar refractivity (Wildman–Crippen MR) is 70.0 cm³/mol. The zero-order chi connectivity index (χ0) is 16.3. The molecular weight excluding hydrogens is 303 g/mol. The maximum atomic E-state index is 12.8. The number of aliphatic hydroxyl groups excluding tert-OH is 1. The van der Waals surface area contributed by atoms with Gasteiger partial charge in [-0.1, -0.05) is 18.2 Å². The molecule has 0 unspecified atom stereocenters. The van der Waals surface area contributed by atoms with Crippen molar-refractivity contribution in [3.05, 3.63) is 57.9 Å². The van der Waals surface area contributed by atoms with Gasteiger partial charge in [0.05, 0.1) is 23.1 Å². The van der Waals surface area contributed by atoms with E-state index in [2.05, 4.69) is 5.10 Å². The van der Waals surface area contributed by atoms with Crippen LogP contribution in [0.25, 0.3) is 0 Å². The summed E-state index contributed by atoms with van der Waals surface area (Å²) >= 11 is 0. The number of rotatable bonds is 5. The van der Waals surface area contributed by atoms with E-state index in [1.165, 1.54) is 18.2 Å². The Morgan fingerprint density at radius 2 is 2.05 bits per heavy atom. The minimum Gasteiger partial charge on any atom is -0.391 e. The number of benzene rings is 1. The maximum absolute atomic E-state index is 12.8. The van der Waals surface area contributed by atoms with E-state index in [1.807, 2.05) is 0 Å². The van der Waals surface area contributed by atoms with Gasteiger partial charge in [-0.05, 0) is 11.6 Å². The minimum atomic E-state index is -4.50. The fraction of sp³-hybridized carbons (Fsp3) is 0.308. The van der Waals surface area contributed by atoms with E-state index in [1.54, 1.807) is 0 Å². The summed E-state index contributed by atoms with van der Waals surface area (Å²) in [5.74, 6) is 0. The van der Waals surface area contributed by atoms with Gasteiger partial charge in [0.15, 0.2) is 0 Å². The number of hydrogen-bond acceptors (Lipinski definition) is 4. The fourth-order valence-electron chi connectivity index (χ4n) is 2.06. The zero-order valence-electron chi connectivity index (χ0n) is 11.2. The summed E-state index contributed by atoms with van der Waals surface area (Å²) in [5.41, 5.74) is -1.09. The topological polar surface area (TPSA) is 81.2 Å². The van der Waals surface area contributed by atoms with Crippen LogP contribution in [0.15, 0.2) is 36.7 Å². The van der Waals surface area contributed by atoms with E-state index in [0.717, 1.165) is 23.1 Å². The molecule has 1 N–H and O–H groups in total. The molecule has 0 aliphatic rings. The number of hydrogen-bond donors (Lipinski definition) is 1. The van der Waals surface area contributed by atoms with Gasteiger partial charge >= 0.3 is 11.9 Å². The van der Waals surface area contributed by atoms with E-state index in [0.29, 0.717) is 0 Å². The van der Waals surface area contributed by atoms with Gasteiger partial charge in [-0.25, -0.2) is 0 Å². The molecule has 0 radical (unpaired) electrons. The van der Waals surface area contributed by atoms with Gasteiger partial charge in [0.1, 0.15) is 12.4 Å². The van der Waals surface area contributed by atoms with Crippen LogP contribution in [0, 0.1) is 10.1 Å². The number of aromatic nitrogens is 2. The Labute approximate surface area is 122 Å². The number of halogens is 3. The lowest BCUT2D eigenvalue weighted by atomic mass is 10.0. The van der Waals surface area contributed by atoms with Crippen molar-refractivity contribution in [2.45, 2.75) is 25.2 Å². The van der Waals surface area contributed by atoms with Crippen molar-refractivity contribution in [3.8, 4) is 0 Å². The number of nitro groups is 1. The third kappa shape index (κ3) is 3.82. The van der Waals surface area contributed by atoms with Gasteiger partial charge in [0.2, 0.25) is 0 Å². The van der Waals surface area contributed by atoms with Crippen LogP contribution in [-0.4, -0.2) is 25.9 Å². The molecule has 9 heteroatoms. The minimum absolute atomic E-state index is 0.0378. The van der Waals surface area contributed by atoms with Crippen molar-refractivity contribution < 1.29 is 23.2 Å². The Balaban J connectivity index is 2.09. The third-order valence-corrected chi connectivity index (χ3v) is 3.01. The fourth-order valence-corrected chi connectivity index (χ4v) is 2.06. The third-order valence-electron chi connectivity index (χ3n) is 3.01. The van der Waals surface area contributed by atoms with Crippen LogP contribution in [0.1, 0.15) is 11.1 Å². The summed E-state index contributed by atoms with van der Waals surface area (Å²) in [6.07, 6.45) is -3.76. The van der Waals surface area contributed by atoms with E-state index in [9.17, 15) is 28.4 Å². The van der Waals surface area contributed by atoms with Crippen molar-refractivity contribution in [3.63, 3.8) is 0 Å². The molecule has 0 fully saturated rings. The molecule has 0 bridgehead atoms. The van der Waals surface area contributed by atoms with Crippen molar-refractivity contribution in [2.75, 3.05) is 0 Å². The molecule has 0 saturated heterocycles. The average molecular weight is 315 g/mol. The van der Waals surface area contributed by atoms with Crippen molar-refractivity contribution in [2.24, 2.45) is 0 Å². The first-order valence-electron chi connectivity index (χ1n) is 6.27. The molecule has 2 rings (SSSR count). The smallest absolute Gasteiger partial charge is 0.391 e. The summed E-state index contributed by atoms with van der Waals surface area (Å²) in [4.78, 5) is 9.87. The number of aliphatic hydroxyl groups is 1. The van der Waals surface area contributed by atoms with E-state index in [4.69, 9.17) is 0 Å². The monoisotopic (exact) mass is 315 g/mol. The van der Waals surface area contributed by atoms with Crippen molar-refractivity contribution in [1.29, 1.82) is 0 Å². The molecule has 1 aromatic heterocycles. The molecule has 6 nitrogen and oxygen atoms in total. The van der Waals surface area contributed by atoms with Crippen molar-refractivity contribution >= 4 is 5.69 Å². The Kier molecular flexibility index (Phi) is 4.45. The summed E-state index contributed by atoms with van der Waals surface area (Å²) in [6, 6.07) is 4.96. The van der Waals surface area contributed by atoms with Crippen LogP contribution in [0.4, 0.5) is 18.9 Å². The summed E-state index contributed by atoms with van der Waals surface area (Å²) in [7, 11) is 0. The normalized spacial score (nSPS) is 13.1. The highest BCUT2D eigenvalue weighted by molar-refractivity contribution is 5.30. The molecular formula is C13H12F3N3O3. The quantitative estimate of drug-likeness (QED) is 0.678. The summed E-state index contributed by atoms with van der Waals surface area (Å²) in [6.45, 7) is -0.139. The van der Waals surface area contributed by atoms with Gasteiger partial charge in [0.25, 0.3) is 0 Å². The van der Waals surface area contributed by atoms with Crippen molar-refractivity contribution in [1.82, 2.24) is 9.78 Å². The second-order valence-electron chi connectivity index (χ2n) is 4.69. The molecule has 0 amide bonds. The van der Waals surface area contributed by atoms with Gasteiger partial charge in [-0.15, -0.1) is 0 Å². The predicted octanol–water partition coefficient (Wildman–Crippen LogP) is 2.41. The van der Waals surface area contributed by atoms with Crippen LogP contribution < -0.4 is 0 Å². The first kappa shape index (κ1) is 16.0.